The number of carbonyl (C=O) groups is 1. The summed E-state index contributed by atoms with van der Waals surface area (Å²) in [6.07, 6.45) is -4.33. The smallest absolute Gasteiger partial charge is 0.405 e. The number of nitrogens with one attached hydrogen (secondary N) is 1. The van der Waals surface area contributed by atoms with Gasteiger partial charge in [0, 0.05) is 5.38 Å². The Morgan fingerprint density at radius 2 is 2.12 bits per heavy atom. The van der Waals surface area contributed by atoms with Gasteiger partial charge in [0.15, 0.2) is 5.13 Å². The van der Waals surface area contributed by atoms with Crippen LogP contribution in [0.5, 0.6) is 0 Å². The number of rotatable bonds is 4. The van der Waals surface area contributed by atoms with Crippen molar-refractivity contribution in [1.29, 1.82) is 0 Å². The number of hydrogen-bond donors (Lipinski definition) is 2. The van der Waals surface area contributed by atoms with Crippen molar-refractivity contribution >= 4 is 22.4 Å². The van der Waals surface area contributed by atoms with Gasteiger partial charge in [-0.3, -0.25) is 4.79 Å². The SMILES string of the molecule is CC(C)(C(=O)O)c1csc(NCC(F)(F)F)n1. The lowest BCUT2D eigenvalue weighted by Crippen LogP contribution is -2.29. The Kier molecular flexibility index (Phi) is 3.65. The van der Waals surface area contributed by atoms with Crippen LogP contribution in [0.2, 0.25) is 0 Å². The summed E-state index contributed by atoms with van der Waals surface area (Å²) in [5.74, 6) is -1.08. The molecule has 0 atom stereocenters. The van der Waals surface area contributed by atoms with E-state index in [1.54, 1.807) is 0 Å². The summed E-state index contributed by atoms with van der Waals surface area (Å²) in [5, 5.41) is 12.5. The standard InChI is InChI=1S/C9H11F3N2O2S/c1-8(2,6(15)16)5-3-17-7(14-5)13-4-9(10,11)12/h3H,4H2,1-2H3,(H,13,14)(H,15,16). The first-order valence-electron chi connectivity index (χ1n) is 4.63. The number of carboxylic acids is 1. The zero-order valence-electron chi connectivity index (χ0n) is 9.13. The maximum absolute atomic E-state index is 11.9. The van der Waals surface area contributed by atoms with Crippen LogP contribution in [0.4, 0.5) is 18.3 Å². The molecule has 1 heterocycles. The molecule has 0 saturated carbocycles. The molecule has 2 N–H and O–H groups in total. The quantitative estimate of drug-likeness (QED) is 0.880. The molecule has 17 heavy (non-hydrogen) atoms. The number of thiazole rings is 1. The monoisotopic (exact) mass is 268 g/mol. The molecule has 0 saturated heterocycles. The van der Waals surface area contributed by atoms with Gasteiger partial charge in [0.05, 0.1) is 5.69 Å². The van der Waals surface area contributed by atoms with Crippen LogP contribution in [0.1, 0.15) is 19.5 Å². The Morgan fingerprint density at radius 3 is 2.59 bits per heavy atom. The van der Waals surface area contributed by atoms with E-state index in [9.17, 15) is 18.0 Å². The van der Waals surface area contributed by atoms with Crippen LogP contribution in [0, 0.1) is 0 Å². The number of alkyl halides is 3. The van der Waals surface area contributed by atoms with Gasteiger partial charge in [-0.05, 0) is 13.8 Å². The molecule has 0 radical (unpaired) electrons. The predicted molar refractivity (Wildman–Crippen MR) is 57.3 cm³/mol. The summed E-state index contributed by atoms with van der Waals surface area (Å²) in [6.45, 7) is 1.70. The van der Waals surface area contributed by atoms with Gasteiger partial charge in [0.25, 0.3) is 0 Å². The predicted octanol–water partition coefficient (Wildman–Crippen LogP) is 2.48. The first-order valence-corrected chi connectivity index (χ1v) is 5.51. The van der Waals surface area contributed by atoms with E-state index >= 15 is 0 Å². The van der Waals surface area contributed by atoms with Gasteiger partial charge < -0.3 is 10.4 Å². The lowest BCUT2D eigenvalue weighted by Gasteiger charge is -2.15. The number of nitrogens with zero attached hydrogens (tertiary/aromatic N) is 1. The molecule has 0 aromatic carbocycles. The second kappa shape index (κ2) is 4.52. The average molecular weight is 268 g/mol. The summed E-state index contributed by atoms with van der Waals surface area (Å²) < 4.78 is 35.8. The number of aromatic nitrogens is 1. The Bertz CT molecular complexity index is 415. The molecule has 1 rings (SSSR count). The van der Waals surface area contributed by atoms with E-state index < -0.39 is 24.1 Å². The lowest BCUT2D eigenvalue weighted by atomic mass is 9.90. The van der Waals surface area contributed by atoms with Crippen molar-refractivity contribution in [2.45, 2.75) is 25.4 Å². The van der Waals surface area contributed by atoms with Crippen molar-refractivity contribution in [3.8, 4) is 0 Å². The summed E-state index contributed by atoms with van der Waals surface area (Å²) in [7, 11) is 0. The molecule has 1 aromatic rings. The first-order chi connectivity index (χ1) is 7.63. The number of halogens is 3. The topological polar surface area (TPSA) is 62.2 Å². The van der Waals surface area contributed by atoms with Crippen LogP contribution in [-0.4, -0.2) is 28.8 Å². The number of anilines is 1. The third-order valence-electron chi connectivity index (χ3n) is 2.12. The van der Waals surface area contributed by atoms with E-state index in [4.69, 9.17) is 5.11 Å². The van der Waals surface area contributed by atoms with Crippen molar-refractivity contribution in [3.05, 3.63) is 11.1 Å². The molecule has 1 aromatic heterocycles. The van der Waals surface area contributed by atoms with Gasteiger partial charge in [-0.1, -0.05) is 0 Å². The van der Waals surface area contributed by atoms with E-state index in [1.165, 1.54) is 19.2 Å². The van der Waals surface area contributed by atoms with E-state index in [2.05, 4.69) is 10.3 Å². The Labute approximate surface area is 99.5 Å². The number of hydrogen-bond acceptors (Lipinski definition) is 4. The van der Waals surface area contributed by atoms with Gasteiger partial charge in [-0.25, -0.2) is 4.98 Å². The fourth-order valence-corrected chi connectivity index (χ4v) is 1.80. The highest BCUT2D eigenvalue weighted by molar-refractivity contribution is 7.13. The van der Waals surface area contributed by atoms with Crippen molar-refractivity contribution < 1.29 is 23.1 Å². The second-order valence-electron chi connectivity index (χ2n) is 3.94. The summed E-state index contributed by atoms with van der Waals surface area (Å²) in [6, 6.07) is 0. The fraction of sp³-hybridized carbons (Fsp3) is 0.556. The molecule has 96 valence electrons. The Hall–Kier alpha value is -1.31. The van der Waals surface area contributed by atoms with E-state index in [-0.39, 0.29) is 10.8 Å². The van der Waals surface area contributed by atoms with Crippen molar-refractivity contribution in [3.63, 3.8) is 0 Å². The maximum Gasteiger partial charge on any atom is 0.405 e. The third-order valence-corrected chi connectivity index (χ3v) is 2.92. The highest BCUT2D eigenvalue weighted by Gasteiger charge is 2.33. The van der Waals surface area contributed by atoms with Crippen LogP contribution >= 0.6 is 11.3 Å². The minimum absolute atomic E-state index is 0.0617. The molecule has 0 amide bonds. The molecular formula is C9H11F3N2O2S. The molecule has 0 fully saturated rings. The largest absolute Gasteiger partial charge is 0.481 e. The van der Waals surface area contributed by atoms with Gasteiger partial charge >= 0.3 is 12.1 Å². The van der Waals surface area contributed by atoms with E-state index in [0.29, 0.717) is 0 Å². The number of aliphatic carboxylic acids is 1. The summed E-state index contributed by atoms with van der Waals surface area (Å²) in [4.78, 5) is 14.7. The molecule has 0 unspecified atom stereocenters. The van der Waals surface area contributed by atoms with Crippen molar-refractivity contribution in [2.75, 3.05) is 11.9 Å². The van der Waals surface area contributed by atoms with Crippen LogP contribution in [0.3, 0.4) is 0 Å². The normalized spacial score (nSPS) is 12.5. The van der Waals surface area contributed by atoms with Gasteiger partial charge in [-0.2, -0.15) is 13.2 Å². The lowest BCUT2D eigenvalue weighted by molar-refractivity contribution is -0.142. The highest BCUT2D eigenvalue weighted by Crippen LogP contribution is 2.28. The second-order valence-corrected chi connectivity index (χ2v) is 4.79. The Morgan fingerprint density at radius 1 is 1.53 bits per heavy atom. The van der Waals surface area contributed by atoms with E-state index in [1.807, 2.05) is 0 Å². The maximum atomic E-state index is 11.9. The molecule has 0 aliphatic heterocycles. The minimum Gasteiger partial charge on any atom is -0.481 e. The van der Waals surface area contributed by atoms with Gasteiger partial charge in [0.1, 0.15) is 12.0 Å². The van der Waals surface area contributed by atoms with Crippen LogP contribution in [0.15, 0.2) is 5.38 Å². The van der Waals surface area contributed by atoms with Crippen LogP contribution in [-0.2, 0) is 10.2 Å². The zero-order valence-corrected chi connectivity index (χ0v) is 9.95. The molecule has 0 bridgehead atoms. The van der Waals surface area contributed by atoms with Crippen LogP contribution < -0.4 is 5.32 Å². The first kappa shape index (κ1) is 13.8. The molecule has 0 aliphatic carbocycles. The number of carboxylic acid groups (broad SMARTS) is 1. The van der Waals surface area contributed by atoms with Gasteiger partial charge in [0.2, 0.25) is 0 Å². The molecule has 0 spiro atoms. The fourth-order valence-electron chi connectivity index (χ4n) is 0.927. The van der Waals surface area contributed by atoms with Gasteiger partial charge in [-0.15, -0.1) is 11.3 Å². The minimum atomic E-state index is -4.33. The molecule has 0 aliphatic rings. The van der Waals surface area contributed by atoms with Crippen molar-refractivity contribution in [1.82, 2.24) is 4.98 Å². The Balaban J connectivity index is 2.76. The third kappa shape index (κ3) is 3.58. The molecule has 8 heteroatoms. The highest BCUT2D eigenvalue weighted by atomic mass is 32.1. The molecular weight excluding hydrogens is 257 g/mol. The summed E-state index contributed by atoms with van der Waals surface area (Å²) in [5.41, 5.74) is -0.978. The van der Waals surface area contributed by atoms with Crippen LogP contribution in [0.25, 0.3) is 0 Å². The average Bonchev–Trinajstić information content (AvgIpc) is 2.62. The van der Waals surface area contributed by atoms with Crippen molar-refractivity contribution in [2.24, 2.45) is 0 Å². The zero-order chi connectivity index (χ0) is 13.3. The van der Waals surface area contributed by atoms with E-state index in [0.717, 1.165) is 11.3 Å². The molecule has 4 nitrogen and oxygen atoms in total. The summed E-state index contributed by atoms with van der Waals surface area (Å²) >= 11 is 0.949.